The van der Waals surface area contributed by atoms with E-state index in [1.54, 1.807) is 4.90 Å². The van der Waals surface area contributed by atoms with Crippen molar-refractivity contribution in [2.45, 2.75) is 111 Å². The van der Waals surface area contributed by atoms with Crippen LogP contribution < -0.4 is 9.60 Å². The number of alkyl halides is 3. The molecule has 3 aromatic rings. The summed E-state index contributed by atoms with van der Waals surface area (Å²) in [5, 5.41) is 10.0. The predicted octanol–water partition coefficient (Wildman–Crippen LogP) is 6.99. The van der Waals surface area contributed by atoms with Gasteiger partial charge in [0.15, 0.2) is 5.76 Å². The van der Waals surface area contributed by atoms with E-state index in [1.807, 2.05) is 19.2 Å². The second-order valence-electron chi connectivity index (χ2n) is 12.6. The first-order valence-electron chi connectivity index (χ1n) is 17.1. The normalized spacial score (nSPS) is 14.6. The van der Waals surface area contributed by atoms with Crippen molar-refractivity contribution in [3.8, 4) is 11.3 Å². The first kappa shape index (κ1) is 39.3. The maximum Gasteiger partial charge on any atom is 0.416 e. The summed E-state index contributed by atoms with van der Waals surface area (Å²) in [6, 6.07) is 11.1. The molecule has 1 atom stereocenters. The summed E-state index contributed by atoms with van der Waals surface area (Å²) >= 11 is 0. The van der Waals surface area contributed by atoms with Crippen molar-refractivity contribution < 1.29 is 31.9 Å². The Morgan fingerprint density at radius 3 is 1.91 bits per heavy atom. The molecule has 258 valence electrons. The number of aromatic nitrogens is 1. The molecule has 4 rings (SSSR count). The number of benzene rings is 2. The van der Waals surface area contributed by atoms with E-state index < -0.39 is 11.7 Å². The van der Waals surface area contributed by atoms with Crippen LogP contribution in [0.5, 0.6) is 0 Å². The van der Waals surface area contributed by atoms with E-state index in [9.17, 15) is 18.3 Å². The summed E-state index contributed by atoms with van der Waals surface area (Å²) in [4.78, 5) is 6.08. The van der Waals surface area contributed by atoms with Crippen molar-refractivity contribution in [1.82, 2.24) is 4.98 Å². The Labute approximate surface area is 273 Å². The van der Waals surface area contributed by atoms with Gasteiger partial charge in [0.25, 0.3) is 0 Å². The number of rotatable bonds is 15. The highest BCUT2D eigenvalue weighted by Crippen LogP contribution is 2.36. The number of unbranched alkanes of at least 4 members (excludes halogenated alkanes) is 4. The highest BCUT2D eigenvalue weighted by molar-refractivity contribution is 5.65. The van der Waals surface area contributed by atoms with Gasteiger partial charge in [0.05, 0.1) is 44.0 Å². The van der Waals surface area contributed by atoms with Crippen LogP contribution in [0.25, 0.3) is 11.3 Å². The van der Waals surface area contributed by atoms with E-state index in [-0.39, 0.29) is 10.8 Å². The fraction of sp³-hybridized carbons (Fsp3) is 0.595. The van der Waals surface area contributed by atoms with Gasteiger partial charge in [-0.15, -0.1) is 0 Å². The van der Waals surface area contributed by atoms with Crippen molar-refractivity contribution in [3.05, 3.63) is 65.4 Å². The molecule has 1 heterocycles. The molecule has 0 amide bonds. The number of fused-ring (bicyclic) bond motifs is 1. The average Bonchev–Trinajstić information content (AvgIpc) is 3.54. The highest BCUT2D eigenvalue weighted by atomic mass is 19.4. The van der Waals surface area contributed by atoms with Gasteiger partial charge in [0.2, 0.25) is 0 Å². The molecule has 1 aromatic heterocycles. The molecule has 1 unspecified atom stereocenters. The second kappa shape index (κ2) is 19.0. The summed E-state index contributed by atoms with van der Waals surface area (Å²) in [6.45, 7) is 15.0. The molecule has 0 aliphatic heterocycles. The third-order valence-electron chi connectivity index (χ3n) is 9.02. The molecule has 1 N–H and O–H groups in total. The van der Waals surface area contributed by atoms with Gasteiger partial charge in [-0.1, -0.05) is 77.6 Å². The Morgan fingerprint density at radius 2 is 1.41 bits per heavy atom. The van der Waals surface area contributed by atoms with Crippen molar-refractivity contribution in [3.63, 3.8) is 0 Å². The van der Waals surface area contributed by atoms with Crippen LogP contribution in [0.1, 0.15) is 102 Å². The fourth-order valence-electron chi connectivity index (χ4n) is 6.19. The maximum atomic E-state index is 12.7. The zero-order chi connectivity index (χ0) is 32.9. The van der Waals surface area contributed by atoms with Gasteiger partial charge in [-0.3, -0.25) is 4.90 Å². The number of hydrogen-bond acceptors (Lipinski definition) is 4. The molecule has 5 nitrogen and oxygen atoms in total. The molecule has 1 aliphatic rings. The van der Waals surface area contributed by atoms with Gasteiger partial charge in [0, 0.05) is 24.7 Å². The minimum atomic E-state index is -4.37. The van der Waals surface area contributed by atoms with E-state index in [2.05, 4.69) is 38.7 Å². The number of halogens is 4. The standard InChI is InChI=1S/C21H19F3N2O2.C16H36N.FH/c1-26(18-4-2-3-13-7-10-16(27)11-17(13)18)20-25-12-19(28-20)14-5-8-15(9-6-14)21(22,23)24;1-5-9-13-17(14-10-6-2,15-11-7-3)16-12-8-4;/h2-6,8-9,12,16,27H,7,10-11H2,1H3;5-16H2,1-4H3;1H/q;+1;/p-1. The average molecular weight is 650 g/mol. The van der Waals surface area contributed by atoms with Crippen LogP contribution in [0.4, 0.5) is 24.9 Å². The number of nitrogens with zero attached hydrogens (tertiary/aromatic N) is 3. The quantitative estimate of drug-likeness (QED) is 0.143. The van der Waals surface area contributed by atoms with Gasteiger partial charge < -0.3 is 18.7 Å². The number of aryl methyl sites for hydroxylation is 1. The molecular weight excluding hydrogens is 594 g/mol. The Morgan fingerprint density at radius 1 is 0.870 bits per heavy atom. The Bertz CT molecular complexity index is 1240. The number of oxazole rings is 1. The zero-order valence-corrected chi connectivity index (χ0v) is 28.5. The molecule has 46 heavy (non-hydrogen) atoms. The topological polar surface area (TPSA) is 49.5 Å². The lowest BCUT2D eigenvalue weighted by atomic mass is 9.88. The number of quaternary nitrogens is 1. The Hall–Kier alpha value is -2.91. The van der Waals surface area contributed by atoms with E-state index in [1.165, 1.54) is 106 Å². The van der Waals surface area contributed by atoms with Crippen LogP contribution >= 0.6 is 0 Å². The van der Waals surface area contributed by atoms with Crippen LogP contribution in [0, 0.1) is 0 Å². The fourth-order valence-corrected chi connectivity index (χ4v) is 6.19. The molecule has 9 heteroatoms. The lowest BCUT2D eigenvalue weighted by Gasteiger charge is -2.39. The summed E-state index contributed by atoms with van der Waals surface area (Å²) < 4.78 is 45.4. The molecule has 0 saturated heterocycles. The lowest BCUT2D eigenvalue weighted by molar-refractivity contribution is -0.929. The molecule has 1 aliphatic carbocycles. The van der Waals surface area contributed by atoms with Crippen molar-refractivity contribution in [2.24, 2.45) is 0 Å². The minimum absolute atomic E-state index is 0. The van der Waals surface area contributed by atoms with E-state index in [0.717, 1.165) is 36.2 Å². The second-order valence-corrected chi connectivity index (χ2v) is 12.6. The summed E-state index contributed by atoms with van der Waals surface area (Å²) in [5.41, 5.74) is 2.98. The number of aliphatic hydroxyl groups excluding tert-OH is 1. The number of aliphatic hydroxyl groups is 1. The first-order chi connectivity index (χ1) is 21.6. The van der Waals surface area contributed by atoms with Gasteiger partial charge in [0.1, 0.15) is 0 Å². The molecule has 0 radical (unpaired) electrons. The molecule has 2 aromatic carbocycles. The maximum absolute atomic E-state index is 12.7. The van der Waals surface area contributed by atoms with Gasteiger partial charge in [-0.2, -0.15) is 13.2 Å². The molecule has 0 saturated carbocycles. The monoisotopic (exact) mass is 649 g/mol. The third-order valence-corrected chi connectivity index (χ3v) is 9.02. The van der Waals surface area contributed by atoms with Crippen molar-refractivity contribution in [1.29, 1.82) is 0 Å². The van der Waals surface area contributed by atoms with Crippen molar-refractivity contribution >= 4 is 11.7 Å². The van der Waals surface area contributed by atoms with Crippen LogP contribution in [0.3, 0.4) is 0 Å². The Kier molecular flexibility index (Phi) is 16.3. The summed E-state index contributed by atoms with van der Waals surface area (Å²) in [6.07, 6.45) is 9.96. The largest absolute Gasteiger partial charge is 1.00 e. The lowest BCUT2D eigenvalue weighted by Crippen LogP contribution is -3.00. The summed E-state index contributed by atoms with van der Waals surface area (Å²) in [5.74, 6) is 0.389. The molecular formula is C37H55F4N3O2. The molecule has 0 fully saturated rings. The molecule has 0 spiro atoms. The smallest absolute Gasteiger partial charge is 0.416 e. The van der Waals surface area contributed by atoms with Crippen LogP contribution in [0.2, 0.25) is 0 Å². The highest BCUT2D eigenvalue weighted by Gasteiger charge is 2.30. The summed E-state index contributed by atoms with van der Waals surface area (Å²) in [7, 11) is 1.82. The van der Waals surface area contributed by atoms with Gasteiger partial charge in [-0.05, 0) is 67.9 Å². The minimum Gasteiger partial charge on any atom is -1.00 e. The number of hydrogen-bond donors (Lipinski definition) is 1. The number of anilines is 2. The SMILES string of the molecule is CCCC[N+](CCCC)(CCCC)CCCC.CN(c1ncc(-c2ccc(C(F)(F)F)cc2)o1)c1cccc2c1CC(O)CC2.[F-]. The van der Waals surface area contributed by atoms with E-state index in [4.69, 9.17) is 4.42 Å². The van der Waals surface area contributed by atoms with E-state index in [0.29, 0.717) is 23.8 Å². The van der Waals surface area contributed by atoms with Crippen LogP contribution in [0.15, 0.2) is 53.1 Å². The van der Waals surface area contributed by atoms with Gasteiger partial charge in [-0.25, -0.2) is 4.98 Å². The van der Waals surface area contributed by atoms with Crippen LogP contribution in [-0.2, 0) is 19.0 Å². The predicted molar refractivity (Wildman–Crippen MR) is 179 cm³/mol. The van der Waals surface area contributed by atoms with Crippen LogP contribution in [-0.4, -0.2) is 53.9 Å². The zero-order valence-electron chi connectivity index (χ0n) is 28.5. The first-order valence-corrected chi connectivity index (χ1v) is 17.1. The Balaban J connectivity index is 0.000000356. The molecule has 0 bridgehead atoms. The van der Waals surface area contributed by atoms with Gasteiger partial charge >= 0.3 is 12.2 Å². The third kappa shape index (κ3) is 11.1. The van der Waals surface area contributed by atoms with Crippen molar-refractivity contribution in [2.75, 3.05) is 38.1 Å². The van der Waals surface area contributed by atoms with E-state index >= 15 is 0 Å².